The standard InChI is InChI=1S/C15H19FN2O3S/c1-11-9-14(11)15(19)17-5-7-18(8-6-17)22(20,21)13-4-2-3-12(16)10-13/h2-4,10-11,14H,5-9H2,1H3/t11-,14+/m0/s1. The molecule has 1 saturated carbocycles. The molecule has 120 valence electrons. The third kappa shape index (κ3) is 2.87. The zero-order valence-corrected chi connectivity index (χ0v) is 13.2. The molecule has 1 amide bonds. The van der Waals surface area contributed by atoms with Gasteiger partial charge in [0, 0.05) is 32.1 Å². The van der Waals surface area contributed by atoms with Crippen LogP contribution >= 0.6 is 0 Å². The number of rotatable bonds is 3. The summed E-state index contributed by atoms with van der Waals surface area (Å²) in [7, 11) is -3.69. The molecule has 0 aromatic heterocycles. The van der Waals surface area contributed by atoms with Gasteiger partial charge >= 0.3 is 0 Å². The molecule has 1 aromatic carbocycles. The first-order valence-corrected chi connectivity index (χ1v) is 8.88. The molecular weight excluding hydrogens is 307 g/mol. The van der Waals surface area contributed by atoms with Gasteiger partial charge in [-0.05, 0) is 30.5 Å². The maximum absolute atomic E-state index is 13.2. The number of hydrogen-bond donors (Lipinski definition) is 0. The molecule has 1 aliphatic carbocycles. The molecule has 1 aromatic rings. The van der Waals surface area contributed by atoms with Gasteiger partial charge in [-0.3, -0.25) is 4.79 Å². The largest absolute Gasteiger partial charge is 0.340 e. The molecule has 2 fully saturated rings. The van der Waals surface area contributed by atoms with Crippen LogP contribution in [0.1, 0.15) is 13.3 Å². The summed E-state index contributed by atoms with van der Waals surface area (Å²) in [6.45, 7) is 3.36. The summed E-state index contributed by atoms with van der Waals surface area (Å²) in [5, 5.41) is 0. The highest BCUT2D eigenvalue weighted by molar-refractivity contribution is 7.89. The predicted molar refractivity (Wildman–Crippen MR) is 79.0 cm³/mol. The van der Waals surface area contributed by atoms with Crippen LogP contribution in [-0.2, 0) is 14.8 Å². The van der Waals surface area contributed by atoms with Gasteiger partial charge in [-0.25, -0.2) is 12.8 Å². The van der Waals surface area contributed by atoms with E-state index >= 15 is 0 Å². The van der Waals surface area contributed by atoms with Crippen LogP contribution in [0.15, 0.2) is 29.2 Å². The van der Waals surface area contributed by atoms with Gasteiger partial charge in [0.05, 0.1) is 4.90 Å². The van der Waals surface area contributed by atoms with Crippen molar-refractivity contribution in [3.63, 3.8) is 0 Å². The van der Waals surface area contributed by atoms with E-state index in [0.29, 0.717) is 19.0 Å². The van der Waals surface area contributed by atoms with Gasteiger partial charge in [0.1, 0.15) is 5.82 Å². The van der Waals surface area contributed by atoms with Crippen molar-refractivity contribution < 1.29 is 17.6 Å². The molecule has 0 radical (unpaired) electrons. The molecule has 2 aliphatic rings. The van der Waals surface area contributed by atoms with E-state index in [9.17, 15) is 17.6 Å². The lowest BCUT2D eigenvalue weighted by atomic mass is 10.2. The van der Waals surface area contributed by atoms with Crippen molar-refractivity contribution in [2.24, 2.45) is 11.8 Å². The summed E-state index contributed by atoms with van der Waals surface area (Å²) in [5.74, 6) is 0.126. The highest BCUT2D eigenvalue weighted by Gasteiger charge is 2.42. The van der Waals surface area contributed by atoms with E-state index in [1.54, 1.807) is 4.90 Å². The van der Waals surface area contributed by atoms with Crippen LogP contribution in [0.3, 0.4) is 0 Å². The van der Waals surface area contributed by atoms with Crippen molar-refractivity contribution in [3.8, 4) is 0 Å². The minimum absolute atomic E-state index is 0.0388. The Balaban J connectivity index is 1.67. The Morgan fingerprint density at radius 3 is 2.41 bits per heavy atom. The maximum atomic E-state index is 13.2. The summed E-state index contributed by atoms with van der Waals surface area (Å²) >= 11 is 0. The van der Waals surface area contributed by atoms with Crippen LogP contribution in [0.25, 0.3) is 0 Å². The minimum atomic E-state index is -3.69. The molecule has 5 nitrogen and oxygen atoms in total. The topological polar surface area (TPSA) is 57.7 Å². The number of nitrogens with zero attached hydrogens (tertiary/aromatic N) is 2. The third-order valence-electron chi connectivity index (χ3n) is 4.41. The normalized spacial score (nSPS) is 26.0. The lowest BCUT2D eigenvalue weighted by Crippen LogP contribution is -2.51. The van der Waals surface area contributed by atoms with Gasteiger partial charge in [-0.15, -0.1) is 0 Å². The summed E-state index contributed by atoms with van der Waals surface area (Å²) < 4.78 is 39.5. The number of benzene rings is 1. The summed E-state index contributed by atoms with van der Waals surface area (Å²) in [6.07, 6.45) is 0.931. The van der Waals surface area contributed by atoms with Crippen LogP contribution in [0.4, 0.5) is 4.39 Å². The van der Waals surface area contributed by atoms with Gasteiger partial charge in [0.2, 0.25) is 15.9 Å². The number of halogens is 1. The lowest BCUT2D eigenvalue weighted by molar-refractivity contribution is -0.134. The van der Waals surface area contributed by atoms with Gasteiger partial charge in [0.25, 0.3) is 0 Å². The minimum Gasteiger partial charge on any atom is -0.340 e. The average molecular weight is 326 g/mol. The maximum Gasteiger partial charge on any atom is 0.243 e. The van der Waals surface area contributed by atoms with Crippen molar-refractivity contribution in [2.45, 2.75) is 18.2 Å². The van der Waals surface area contributed by atoms with Crippen LogP contribution in [0, 0.1) is 17.7 Å². The van der Waals surface area contributed by atoms with Crippen LogP contribution in [-0.4, -0.2) is 49.7 Å². The molecule has 0 unspecified atom stereocenters. The first-order valence-electron chi connectivity index (χ1n) is 7.44. The number of sulfonamides is 1. The number of carbonyl (C=O) groups is 1. The number of amides is 1. The second kappa shape index (κ2) is 5.62. The summed E-state index contributed by atoms with van der Waals surface area (Å²) in [4.78, 5) is 13.9. The van der Waals surface area contributed by atoms with Crippen molar-refractivity contribution in [1.82, 2.24) is 9.21 Å². The molecule has 1 saturated heterocycles. The SMILES string of the molecule is C[C@H]1C[C@H]1C(=O)N1CCN(S(=O)(=O)c2cccc(F)c2)CC1. The summed E-state index contributed by atoms with van der Waals surface area (Å²) in [5.41, 5.74) is 0. The van der Waals surface area contributed by atoms with Crippen LogP contribution in [0.2, 0.25) is 0 Å². The van der Waals surface area contributed by atoms with Crippen molar-refractivity contribution in [1.29, 1.82) is 0 Å². The highest BCUT2D eigenvalue weighted by atomic mass is 32.2. The molecule has 22 heavy (non-hydrogen) atoms. The van der Waals surface area contributed by atoms with E-state index < -0.39 is 15.8 Å². The van der Waals surface area contributed by atoms with Gasteiger partial charge in [-0.1, -0.05) is 13.0 Å². The molecule has 1 heterocycles. The Morgan fingerprint density at radius 1 is 1.23 bits per heavy atom. The second-order valence-corrected chi connectivity index (χ2v) is 7.94. The number of carbonyl (C=O) groups excluding carboxylic acids is 1. The predicted octanol–water partition coefficient (Wildman–Crippen LogP) is 1.31. The summed E-state index contributed by atoms with van der Waals surface area (Å²) in [6, 6.07) is 5.02. The Bertz CT molecular complexity index is 684. The van der Waals surface area contributed by atoms with E-state index in [1.165, 1.54) is 22.5 Å². The lowest BCUT2D eigenvalue weighted by Gasteiger charge is -2.34. The van der Waals surface area contributed by atoms with Gasteiger partial charge < -0.3 is 4.90 Å². The molecule has 7 heteroatoms. The van der Waals surface area contributed by atoms with Crippen LogP contribution in [0.5, 0.6) is 0 Å². The molecule has 2 atom stereocenters. The molecular formula is C15H19FN2O3S. The molecule has 0 spiro atoms. The zero-order chi connectivity index (χ0) is 15.9. The Labute approximate surface area is 129 Å². The van der Waals surface area contributed by atoms with E-state index in [-0.39, 0.29) is 29.8 Å². The third-order valence-corrected chi connectivity index (χ3v) is 6.31. The van der Waals surface area contributed by atoms with E-state index in [1.807, 2.05) is 6.92 Å². The van der Waals surface area contributed by atoms with Crippen molar-refractivity contribution in [2.75, 3.05) is 26.2 Å². The smallest absolute Gasteiger partial charge is 0.243 e. The Morgan fingerprint density at radius 2 is 1.86 bits per heavy atom. The van der Waals surface area contributed by atoms with Gasteiger partial charge in [-0.2, -0.15) is 4.31 Å². The molecule has 0 bridgehead atoms. The Hall–Kier alpha value is -1.47. The quantitative estimate of drug-likeness (QED) is 0.842. The molecule has 0 N–H and O–H groups in total. The fraction of sp³-hybridized carbons (Fsp3) is 0.533. The van der Waals surface area contributed by atoms with Crippen molar-refractivity contribution >= 4 is 15.9 Å². The fourth-order valence-corrected chi connectivity index (χ4v) is 4.28. The van der Waals surface area contributed by atoms with E-state index in [2.05, 4.69) is 0 Å². The number of piperazine rings is 1. The van der Waals surface area contributed by atoms with Crippen molar-refractivity contribution in [3.05, 3.63) is 30.1 Å². The Kier molecular flexibility index (Phi) is 3.94. The fourth-order valence-electron chi connectivity index (χ4n) is 2.83. The highest BCUT2D eigenvalue weighted by Crippen LogP contribution is 2.39. The first-order chi connectivity index (χ1) is 10.4. The van der Waals surface area contributed by atoms with E-state index in [0.717, 1.165) is 12.5 Å². The molecule has 3 rings (SSSR count). The van der Waals surface area contributed by atoms with Crippen LogP contribution < -0.4 is 0 Å². The molecule has 1 aliphatic heterocycles. The first kappa shape index (κ1) is 15.4. The monoisotopic (exact) mass is 326 g/mol. The second-order valence-electron chi connectivity index (χ2n) is 6.01. The average Bonchev–Trinajstić information content (AvgIpc) is 3.23. The van der Waals surface area contributed by atoms with Gasteiger partial charge in [0.15, 0.2) is 0 Å². The van der Waals surface area contributed by atoms with E-state index in [4.69, 9.17) is 0 Å². The number of hydrogen-bond acceptors (Lipinski definition) is 3. The zero-order valence-electron chi connectivity index (χ0n) is 12.4.